The van der Waals surface area contributed by atoms with E-state index in [4.69, 9.17) is 5.26 Å². The standard InChI is InChI=1S/C22H23FN6O2/c1-13(2)28-17-8-18(19-4-3-15-7-14(9-24)10-27-29(15)19)25-11-16(17)21(30)26-12-20(23)22(31)5-6-22/h3-4,7-8,10-11,13,20,31H,5-6,12H2,1-2H3,(H,25,28)(H,26,30)/t20-/m1/s1. The molecule has 31 heavy (non-hydrogen) atoms. The summed E-state index contributed by atoms with van der Waals surface area (Å²) in [5.41, 5.74) is 2.05. The molecule has 1 aliphatic rings. The van der Waals surface area contributed by atoms with Gasteiger partial charge in [0.2, 0.25) is 0 Å². The molecule has 9 heteroatoms. The Morgan fingerprint density at radius 2 is 2.13 bits per heavy atom. The molecule has 3 heterocycles. The number of aliphatic hydroxyl groups is 1. The Kier molecular flexibility index (Phi) is 5.33. The predicted molar refractivity (Wildman–Crippen MR) is 113 cm³/mol. The number of amides is 1. The first kappa shape index (κ1) is 20.8. The van der Waals surface area contributed by atoms with Crippen molar-refractivity contribution in [3.8, 4) is 17.5 Å². The van der Waals surface area contributed by atoms with E-state index in [1.165, 1.54) is 12.4 Å². The average Bonchev–Trinajstić information content (AvgIpc) is 3.36. The van der Waals surface area contributed by atoms with Crippen molar-refractivity contribution in [3.63, 3.8) is 0 Å². The highest BCUT2D eigenvalue weighted by Crippen LogP contribution is 2.39. The lowest BCUT2D eigenvalue weighted by atomic mass is 10.1. The Bertz CT molecular complexity index is 1180. The minimum atomic E-state index is -1.50. The topological polar surface area (TPSA) is 115 Å². The number of hydrogen-bond donors (Lipinski definition) is 3. The van der Waals surface area contributed by atoms with Crippen LogP contribution in [0.2, 0.25) is 0 Å². The quantitative estimate of drug-likeness (QED) is 0.539. The number of nitrogens with zero attached hydrogens (tertiary/aromatic N) is 4. The highest BCUT2D eigenvalue weighted by atomic mass is 19.1. The van der Waals surface area contributed by atoms with Crippen molar-refractivity contribution in [1.29, 1.82) is 5.26 Å². The van der Waals surface area contributed by atoms with E-state index in [0.717, 1.165) is 5.52 Å². The molecule has 0 radical (unpaired) electrons. The van der Waals surface area contributed by atoms with Gasteiger partial charge in [-0.1, -0.05) is 0 Å². The summed E-state index contributed by atoms with van der Waals surface area (Å²) in [5, 5.41) is 29.0. The van der Waals surface area contributed by atoms with Crippen molar-refractivity contribution < 1.29 is 14.3 Å². The number of rotatable bonds is 7. The number of anilines is 1. The highest BCUT2D eigenvalue weighted by molar-refractivity contribution is 6.00. The number of alkyl halides is 1. The van der Waals surface area contributed by atoms with Crippen molar-refractivity contribution >= 4 is 17.1 Å². The Balaban J connectivity index is 1.63. The zero-order valence-electron chi connectivity index (χ0n) is 17.3. The summed E-state index contributed by atoms with van der Waals surface area (Å²) < 4.78 is 15.8. The van der Waals surface area contributed by atoms with Crippen LogP contribution in [0, 0.1) is 11.3 Å². The molecule has 3 aromatic rings. The monoisotopic (exact) mass is 422 g/mol. The number of nitrogens with one attached hydrogen (secondary N) is 2. The fraction of sp³-hybridized carbons (Fsp3) is 0.364. The summed E-state index contributed by atoms with van der Waals surface area (Å²) >= 11 is 0. The highest BCUT2D eigenvalue weighted by Gasteiger charge is 2.48. The van der Waals surface area contributed by atoms with Gasteiger partial charge in [0.1, 0.15) is 12.2 Å². The van der Waals surface area contributed by atoms with Crippen LogP contribution >= 0.6 is 0 Å². The molecule has 1 amide bonds. The third-order valence-electron chi connectivity index (χ3n) is 5.27. The second-order valence-corrected chi connectivity index (χ2v) is 8.11. The molecule has 1 atom stereocenters. The summed E-state index contributed by atoms with van der Waals surface area (Å²) in [6.07, 6.45) is 2.25. The number of carbonyl (C=O) groups is 1. The molecule has 0 aromatic carbocycles. The van der Waals surface area contributed by atoms with Gasteiger partial charge in [0.05, 0.1) is 52.1 Å². The molecule has 1 aliphatic carbocycles. The van der Waals surface area contributed by atoms with Gasteiger partial charge in [-0.3, -0.25) is 9.78 Å². The van der Waals surface area contributed by atoms with Gasteiger partial charge in [0, 0.05) is 12.2 Å². The van der Waals surface area contributed by atoms with Gasteiger partial charge in [-0.25, -0.2) is 8.91 Å². The molecule has 0 unspecified atom stereocenters. The number of carbonyl (C=O) groups excluding carboxylic acids is 1. The van der Waals surface area contributed by atoms with E-state index >= 15 is 0 Å². The molecule has 0 saturated heterocycles. The molecule has 8 nitrogen and oxygen atoms in total. The van der Waals surface area contributed by atoms with Gasteiger partial charge >= 0.3 is 0 Å². The van der Waals surface area contributed by atoms with Crippen LogP contribution in [0.3, 0.4) is 0 Å². The van der Waals surface area contributed by atoms with Gasteiger partial charge < -0.3 is 15.7 Å². The summed E-state index contributed by atoms with van der Waals surface area (Å²) in [6.45, 7) is 3.63. The number of halogens is 1. The number of pyridine rings is 1. The molecule has 4 rings (SSSR count). The van der Waals surface area contributed by atoms with Gasteiger partial charge in [-0.2, -0.15) is 10.4 Å². The van der Waals surface area contributed by atoms with E-state index in [1.807, 2.05) is 26.0 Å². The third kappa shape index (κ3) is 4.20. The first-order chi connectivity index (χ1) is 14.8. The molecule has 1 fully saturated rings. The van der Waals surface area contributed by atoms with Crippen molar-refractivity contribution in [2.24, 2.45) is 0 Å². The van der Waals surface area contributed by atoms with Crippen LogP contribution in [0.15, 0.2) is 36.7 Å². The molecule has 0 spiro atoms. The lowest BCUT2D eigenvalue weighted by Gasteiger charge is -2.18. The van der Waals surface area contributed by atoms with Gasteiger partial charge in [0.25, 0.3) is 5.91 Å². The zero-order valence-corrected chi connectivity index (χ0v) is 17.3. The molecule has 160 valence electrons. The maximum absolute atomic E-state index is 14.1. The van der Waals surface area contributed by atoms with Crippen molar-refractivity contribution in [3.05, 3.63) is 47.8 Å². The fourth-order valence-corrected chi connectivity index (χ4v) is 3.37. The van der Waals surface area contributed by atoms with Crippen LogP contribution in [0.4, 0.5) is 10.1 Å². The van der Waals surface area contributed by atoms with E-state index in [1.54, 1.807) is 16.6 Å². The van der Waals surface area contributed by atoms with E-state index in [-0.39, 0.29) is 18.2 Å². The largest absolute Gasteiger partial charge is 0.387 e. The molecule has 0 aliphatic heterocycles. The van der Waals surface area contributed by atoms with Crippen molar-refractivity contribution in [1.82, 2.24) is 19.9 Å². The number of hydrogen-bond acceptors (Lipinski definition) is 6. The van der Waals surface area contributed by atoms with Crippen LogP contribution in [0.25, 0.3) is 16.9 Å². The third-order valence-corrected chi connectivity index (χ3v) is 5.27. The summed E-state index contributed by atoms with van der Waals surface area (Å²) in [7, 11) is 0. The molecular formula is C22H23FN6O2. The summed E-state index contributed by atoms with van der Waals surface area (Å²) in [5.74, 6) is -0.467. The normalized spacial score (nSPS) is 15.5. The molecular weight excluding hydrogens is 399 g/mol. The van der Waals surface area contributed by atoms with Gasteiger partial charge in [-0.15, -0.1) is 0 Å². The number of nitriles is 1. The van der Waals surface area contributed by atoms with Crippen LogP contribution < -0.4 is 10.6 Å². The van der Waals surface area contributed by atoms with E-state index in [2.05, 4.69) is 26.8 Å². The van der Waals surface area contributed by atoms with Crippen LogP contribution in [-0.4, -0.2) is 50.0 Å². The predicted octanol–water partition coefficient (Wildman–Crippen LogP) is 2.68. The minimum absolute atomic E-state index is 0.0447. The minimum Gasteiger partial charge on any atom is -0.387 e. The maximum atomic E-state index is 14.1. The second-order valence-electron chi connectivity index (χ2n) is 8.11. The molecule has 0 bridgehead atoms. The molecule has 1 saturated carbocycles. The molecule has 3 N–H and O–H groups in total. The maximum Gasteiger partial charge on any atom is 0.255 e. The van der Waals surface area contributed by atoms with Gasteiger partial charge in [0.15, 0.2) is 0 Å². The van der Waals surface area contributed by atoms with E-state index in [9.17, 15) is 14.3 Å². The first-order valence-electron chi connectivity index (χ1n) is 10.1. The second kappa shape index (κ2) is 7.96. The Morgan fingerprint density at radius 3 is 2.81 bits per heavy atom. The lowest BCUT2D eigenvalue weighted by molar-refractivity contribution is 0.0528. The van der Waals surface area contributed by atoms with Crippen LogP contribution in [0.1, 0.15) is 42.6 Å². The Morgan fingerprint density at radius 1 is 1.35 bits per heavy atom. The van der Waals surface area contributed by atoms with E-state index < -0.39 is 17.7 Å². The number of aromatic nitrogens is 3. The van der Waals surface area contributed by atoms with Crippen LogP contribution in [-0.2, 0) is 0 Å². The van der Waals surface area contributed by atoms with Gasteiger partial charge in [-0.05, 0) is 51.0 Å². The zero-order chi connectivity index (χ0) is 22.2. The average molecular weight is 422 g/mol. The SMILES string of the molecule is CC(C)Nc1cc(-c2ccc3cc(C#N)cnn23)ncc1C(=O)NC[C@@H](F)C1(O)CC1. The smallest absolute Gasteiger partial charge is 0.255 e. The molecule has 3 aromatic heterocycles. The van der Waals surface area contributed by atoms with Crippen molar-refractivity contribution in [2.75, 3.05) is 11.9 Å². The Labute approximate surface area is 178 Å². The van der Waals surface area contributed by atoms with E-state index in [0.29, 0.717) is 35.5 Å². The summed E-state index contributed by atoms with van der Waals surface area (Å²) in [6, 6.07) is 9.27. The first-order valence-corrected chi connectivity index (χ1v) is 10.1. The lowest BCUT2D eigenvalue weighted by Crippen LogP contribution is -2.38. The number of fused-ring (bicyclic) bond motifs is 1. The Hall–Kier alpha value is -3.51. The summed E-state index contributed by atoms with van der Waals surface area (Å²) in [4.78, 5) is 17.1. The fourth-order valence-electron chi connectivity index (χ4n) is 3.37. The van der Waals surface area contributed by atoms with Crippen LogP contribution in [0.5, 0.6) is 0 Å². The van der Waals surface area contributed by atoms with Crippen molar-refractivity contribution in [2.45, 2.75) is 44.5 Å².